The Hall–Kier alpha value is -1.23. The largest absolute Gasteiger partial charge is 0.493 e. The molecule has 2 aromatic carbocycles. The highest BCUT2D eigenvalue weighted by molar-refractivity contribution is 9.10. The standard InChI is InChI=1S/C16H17BrClNO2/c1-19-9-12-7-14(17)16(15(8-12)20-2)21-10-11-4-3-5-13(18)6-11/h3-8,19H,9-10H2,1-2H3. The van der Waals surface area contributed by atoms with Gasteiger partial charge in [-0.1, -0.05) is 23.7 Å². The molecule has 0 amide bonds. The molecule has 5 heteroatoms. The van der Waals surface area contributed by atoms with Crippen molar-refractivity contribution in [3.05, 3.63) is 57.0 Å². The van der Waals surface area contributed by atoms with Crippen molar-refractivity contribution in [2.24, 2.45) is 0 Å². The summed E-state index contributed by atoms with van der Waals surface area (Å²) in [5, 5.41) is 3.81. The van der Waals surface area contributed by atoms with Gasteiger partial charge in [0.05, 0.1) is 11.6 Å². The Morgan fingerprint density at radius 1 is 1.19 bits per heavy atom. The Balaban J connectivity index is 2.19. The molecule has 2 rings (SSSR count). The second-order valence-electron chi connectivity index (χ2n) is 4.56. The van der Waals surface area contributed by atoms with E-state index in [1.54, 1.807) is 7.11 Å². The highest BCUT2D eigenvalue weighted by Gasteiger charge is 2.12. The van der Waals surface area contributed by atoms with E-state index in [0.29, 0.717) is 23.1 Å². The Morgan fingerprint density at radius 2 is 2.00 bits per heavy atom. The molecule has 0 aliphatic rings. The van der Waals surface area contributed by atoms with Gasteiger partial charge in [-0.05, 0) is 58.4 Å². The summed E-state index contributed by atoms with van der Waals surface area (Å²) in [6.45, 7) is 1.20. The third-order valence-corrected chi connectivity index (χ3v) is 3.77. The first kappa shape index (κ1) is 16.1. The number of methoxy groups -OCH3 is 1. The zero-order chi connectivity index (χ0) is 15.2. The van der Waals surface area contributed by atoms with Crippen LogP contribution in [0.1, 0.15) is 11.1 Å². The fraction of sp³-hybridized carbons (Fsp3) is 0.250. The molecule has 112 valence electrons. The van der Waals surface area contributed by atoms with Crippen molar-refractivity contribution >= 4 is 27.5 Å². The lowest BCUT2D eigenvalue weighted by molar-refractivity contribution is 0.282. The maximum absolute atomic E-state index is 5.98. The molecule has 0 bridgehead atoms. The molecule has 0 aromatic heterocycles. The van der Waals surface area contributed by atoms with Gasteiger partial charge >= 0.3 is 0 Å². The predicted molar refractivity (Wildman–Crippen MR) is 89.2 cm³/mol. The van der Waals surface area contributed by atoms with E-state index in [9.17, 15) is 0 Å². The molecule has 0 fully saturated rings. The molecule has 0 aliphatic carbocycles. The van der Waals surface area contributed by atoms with Crippen molar-refractivity contribution in [1.82, 2.24) is 5.32 Å². The molecule has 2 aromatic rings. The van der Waals surface area contributed by atoms with E-state index in [4.69, 9.17) is 21.1 Å². The third kappa shape index (κ3) is 4.37. The average Bonchev–Trinajstić information content (AvgIpc) is 2.46. The van der Waals surface area contributed by atoms with E-state index >= 15 is 0 Å². The molecule has 0 aliphatic heterocycles. The molecular formula is C16H17BrClNO2. The van der Waals surface area contributed by atoms with Gasteiger partial charge in [0.2, 0.25) is 0 Å². The van der Waals surface area contributed by atoms with Crippen molar-refractivity contribution in [3.8, 4) is 11.5 Å². The number of benzene rings is 2. The number of hydrogen-bond acceptors (Lipinski definition) is 3. The van der Waals surface area contributed by atoms with Gasteiger partial charge in [-0.15, -0.1) is 0 Å². The van der Waals surface area contributed by atoms with Crippen LogP contribution in [-0.4, -0.2) is 14.2 Å². The van der Waals surface area contributed by atoms with Crippen LogP contribution in [-0.2, 0) is 13.2 Å². The van der Waals surface area contributed by atoms with Crippen LogP contribution in [0.5, 0.6) is 11.5 Å². The quantitative estimate of drug-likeness (QED) is 0.817. The van der Waals surface area contributed by atoms with Crippen molar-refractivity contribution in [1.29, 1.82) is 0 Å². The minimum absolute atomic E-state index is 0.431. The van der Waals surface area contributed by atoms with E-state index in [0.717, 1.165) is 22.1 Å². The smallest absolute Gasteiger partial charge is 0.175 e. The summed E-state index contributed by atoms with van der Waals surface area (Å²) in [5.74, 6) is 1.40. The van der Waals surface area contributed by atoms with Crippen LogP contribution in [0, 0.1) is 0 Å². The zero-order valence-electron chi connectivity index (χ0n) is 12.0. The summed E-state index contributed by atoms with van der Waals surface area (Å²) in [5.41, 5.74) is 2.13. The second kappa shape index (κ2) is 7.69. The first-order valence-corrected chi connectivity index (χ1v) is 7.69. The van der Waals surface area contributed by atoms with Crippen molar-refractivity contribution in [2.45, 2.75) is 13.2 Å². The first-order valence-electron chi connectivity index (χ1n) is 6.52. The SMILES string of the molecule is CNCc1cc(Br)c(OCc2cccc(Cl)c2)c(OC)c1. The van der Waals surface area contributed by atoms with Gasteiger partial charge in [-0.3, -0.25) is 0 Å². The number of nitrogens with one attached hydrogen (secondary N) is 1. The highest BCUT2D eigenvalue weighted by atomic mass is 79.9. The van der Waals surface area contributed by atoms with Crippen LogP contribution < -0.4 is 14.8 Å². The lowest BCUT2D eigenvalue weighted by Gasteiger charge is -2.14. The monoisotopic (exact) mass is 369 g/mol. The Kier molecular flexibility index (Phi) is 5.91. The van der Waals surface area contributed by atoms with Gasteiger partial charge in [-0.25, -0.2) is 0 Å². The van der Waals surface area contributed by atoms with Crippen molar-refractivity contribution in [2.75, 3.05) is 14.2 Å². The molecule has 0 saturated heterocycles. The Labute approximate surface area is 138 Å². The summed E-state index contributed by atoms with van der Waals surface area (Å²) in [7, 11) is 3.54. The van der Waals surface area contributed by atoms with Gasteiger partial charge in [0.1, 0.15) is 6.61 Å². The molecule has 0 spiro atoms. The van der Waals surface area contributed by atoms with Gasteiger partial charge in [0.25, 0.3) is 0 Å². The van der Waals surface area contributed by atoms with E-state index in [1.165, 1.54) is 0 Å². The topological polar surface area (TPSA) is 30.5 Å². The summed E-state index contributed by atoms with van der Waals surface area (Å²) >= 11 is 9.51. The number of rotatable bonds is 6. The summed E-state index contributed by atoms with van der Waals surface area (Å²) < 4.78 is 12.2. The van der Waals surface area contributed by atoms with E-state index in [2.05, 4.69) is 21.2 Å². The fourth-order valence-electron chi connectivity index (χ4n) is 2.00. The van der Waals surface area contributed by atoms with Crippen molar-refractivity contribution < 1.29 is 9.47 Å². The third-order valence-electron chi connectivity index (χ3n) is 2.94. The van der Waals surface area contributed by atoms with Gasteiger partial charge in [-0.2, -0.15) is 0 Å². The zero-order valence-corrected chi connectivity index (χ0v) is 14.3. The fourth-order valence-corrected chi connectivity index (χ4v) is 2.82. The molecule has 0 atom stereocenters. The minimum atomic E-state index is 0.431. The van der Waals surface area contributed by atoms with Crippen LogP contribution in [0.3, 0.4) is 0 Å². The van der Waals surface area contributed by atoms with Gasteiger partial charge < -0.3 is 14.8 Å². The molecule has 21 heavy (non-hydrogen) atoms. The molecule has 0 radical (unpaired) electrons. The minimum Gasteiger partial charge on any atom is -0.493 e. The highest BCUT2D eigenvalue weighted by Crippen LogP contribution is 2.37. The molecule has 0 saturated carbocycles. The van der Waals surface area contributed by atoms with E-state index in [1.807, 2.05) is 43.4 Å². The maximum Gasteiger partial charge on any atom is 0.175 e. The summed E-state index contributed by atoms with van der Waals surface area (Å²) in [6.07, 6.45) is 0. The number of hydrogen-bond donors (Lipinski definition) is 1. The molecule has 1 N–H and O–H groups in total. The Morgan fingerprint density at radius 3 is 2.67 bits per heavy atom. The van der Waals surface area contributed by atoms with Crippen molar-refractivity contribution in [3.63, 3.8) is 0 Å². The van der Waals surface area contributed by atoms with Gasteiger partial charge in [0, 0.05) is 11.6 Å². The molecule has 0 heterocycles. The summed E-state index contributed by atoms with van der Waals surface area (Å²) in [4.78, 5) is 0. The van der Waals surface area contributed by atoms with Crippen LogP contribution in [0.15, 0.2) is 40.9 Å². The lowest BCUT2D eigenvalue weighted by Crippen LogP contribution is -2.06. The van der Waals surface area contributed by atoms with Crippen LogP contribution in [0.2, 0.25) is 5.02 Å². The van der Waals surface area contributed by atoms with Crippen LogP contribution in [0.25, 0.3) is 0 Å². The Bertz CT molecular complexity index is 619. The second-order valence-corrected chi connectivity index (χ2v) is 5.85. The van der Waals surface area contributed by atoms with Crippen LogP contribution >= 0.6 is 27.5 Å². The predicted octanol–water partition coefficient (Wildman–Crippen LogP) is 4.41. The summed E-state index contributed by atoms with van der Waals surface area (Å²) in [6, 6.07) is 11.6. The average molecular weight is 371 g/mol. The lowest BCUT2D eigenvalue weighted by atomic mass is 10.2. The number of ether oxygens (including phenoxy) is 2. The molecule has 3 nitrogen and oxygen atoms in total. The molecule has 0 unspecified atom stereocenters. The maximum atomic E-state index is 5.98. The number of halogens is 2. The normalized spacial score (nSPS) is 10.5. The van der Waals surface area contributed by atoms with E-state index < -0.39 is 0 Å². The molecular weight excluding hydrogens is 354 g/mol. The van der Waals surface area contributed by atoms with E-state index in [-0.39, 0.29) is 0 Å². The van der Waals surface area contributed by atoms with Gasteiger partial charge in [0.15, 0.2) is 11.5 Å². The van der Waals surface area contributed by atoms with Crippen LogP contribution in [0.4, 0.5) is 0 Å². The first-order chi connectivity index (χ1) is 10.1.